The van der Waals surface area contributed by atoms with Crippen molar-refractivity contribution in [3.63, 3.8) is 0 Å². The number of carbonyl (C=O) groups excluding carboxylic acids is 1. The first-order valence-corrected chi connectivity index (χ1v) is 5.25. The summed E-state index contributed by atoms with van der Waals surface area (Å²) in [7, 11) is 1.66. The van der Waals surface area contributed by atoms with Crippen molar-refractivity contribution >= 4 is 5.91 Å². The van der Waals surface area contributed by atoms with E-state index in [0.717, 1.165) is 5.56 Å². The van der Waals surface area contributed by atoms with E-state index >= 15 is 0 Å². The molecule has 0 bridgehead atoms. The molecule has 0 aliphatic carbocycles. The largest absolute Gasteiger partial charge is 0.330 e. The molecule has 1 amide bonds. The van der Waals surface area contributed by atoms with E-state index in [0.29, 0.717) is 6.42 Å². The summed E-state index contributed by atoms with van der Waals surface area (Å²) in [6.07, 6.45) is 0.350. The quantitative estimate of drug-likeness (QED) is 0.774. The molecule has 0 saturated heterocycles. The summed E-state index contributed by atoms with van der Waals surface area (Å²) >= 11 is 0. The average Bonchev–Trinajstić information content (AvgIpc) is 2.30. The van der Waals surface area contributed by atoms with E-state index in [2.05, 4.69) is 0 Å². The zero-order valence-electron chi connectivity index (χ0n) is 9.90. The Morgan fingerprint density at radius 3 is 2.50 bits per heavy atom. The van der Waals surface area contributed by atoms with Crippen LogP contribution in [0, 0.1) is 18.3 Å². The van der Waals surface area contributed by atoms with Crippen molar-refractivity contribution in [3.8, 4) is 6.07 Å². The number of hydrogen-bond acceptors (Lipinski definition) is 2. The number of likely N-dealkylation sites (N-methyl/N-ethyl adjacent to an activating group) is 1. The molecular formula is C13H16N2O. The number of hydrogen-bond donors (Lipinski definition) is 0. The van der Waals surface area contributed by atoms with E-state index < -0.39 is 0 Å². The van der Waals surface area contributed by atoms with Gasteiger partial charge in [-0.3, -0.25) is 4.79 Å². The van der Waals surface area contributed by atoms with Crippen molar-refractivity contribution in [2.75, 3.05) is 7.05 Å². The number of nitrogens with zero attached hydrogens (tertiary/aromatic N) is 2. The van der Waals surface area contributed by atoms with Crippen LogP contribution in [0.15, 0.2) is 24.3 Å². The van der Waals surface area contributed by atoms with Gasteiger partial charge in [-0.1, -0.05) is 29.8 Å². The maximum Gasteiger partial charge on any atom is 0.227 e. The Labute approximate surface area is 96.3 Å². The van der Waals surface area contributed by atoms with E-state index in [1.165, 1.54) is 10.5 Å². The highest BCUT2D eigenvalue weighted by Gasteiger charge is 2.14. The highest BCUT2D eigenvalue weighted by atomic mass is 16.2. The summed E-state index contributed by atoms with van der Waals surface area (Å²) in [4.78, 5) is 13.2. The molecule has 0 aliphatic rings. The van der Waals surface area contributed by atoms with Crippen molar-refractivity contribution < 1.29 is 4.79 Å². The summed E-state index contributed by atoms with van der Waals surface area (Å²) in [6, 6.07) is 9.52. The Hall–Kier alpha value is -1.82. The maximum absolute atomic E-state index is 11.8. The fourth-order valence-corrected chi connectivity index (χ4v) is 1.31. The van der Waals surface area contributed by atoms with Gasteiger partial charge in [-0.2, -0.15) is 5.26 Å². The second kappa shape index (κ2) is 5.32. The Morgan fingerprint density at radius 2 is 2.00 bits per heavy atom. The van der Waals surface area contributed by atoms with Gasteiger partial charge in [0.25, 0.3) is 0 Å². The second-order valence-corrected chi connectivity index (χ2v) is 3.97. The molecule has 1 aromatic carbocycles. The van der Waals surface area contributed by atoms with Crippen LogP contribution in [0.5, 0.6) is 0 Å². The molecule has 1 rings (SSSR count). The van der Waals surface area contributed by atoms with Crippen LogP contribution in [-0.2, 0) is 11.2 Å². The third-order valence-corrected chi connectivity index (χ3v) is 2.64. The van der Waals surface area contributed by atoms with Crippen LogP contribution in [0.4, 0.5) is 0 Å². The lowest BCUT2D eigenvalue weighted by Gasteiger charge is -2.19. The Bertz CT molecular complexity index is 403. The molecule has 1 unspecified atom stereocenters. The van der Waals surface area contributed by atoms with Gasteiger partial charge in [-0.05, 0) is 19.4 Å². The first-order valence-electron chi connectivity index (χ1n) is 5.25. The van der Waals surface area contributed by atoms with Crippen LogP contribution < -0.4 is 0 Å². The van der Waals surface area contributed by atoms with Crippen LogP contribution in [0.2, 0.25) is 0 Å². The molecule has 0 radical (unpaired) electrons. The first kappa shape index (κ1) is 12.3. The van der Waals surface area contributed by atoms with Crippen LogP contribution in [-0.4, -0.2) is 23.9 Å². The van der Waals surface area contributed by atoms with Crippen LogP contribution >= 0.6 is 0 Å². The minimum atomic E-state index is -0.377. The minimum Gasteiger partial charge on any atom is -0.330 e. The van der Waals surface area contributed by atoms with E-state index in [1.807, 2.05) is 37.3 Å². The van der Waals surface area contributed by atoms with Gasteiger partial charge in [0.1, 0.15) is 6.04 Å². The van der Waals surface area contributed by atoms with Crippen molar-refractivity contribution in [3.05, 3.63) is 35.4 Å². The molecule has 0 aromatic heterocycles. The Kier molecular flexibility index (Phi) is 4.07. The van der Waals surface area contributed by atoms with Gasteiger partial charge >= 0.3 is 0 Å². The lowest BCUT2D eigenvalue weighted by atomic mass is 10.1. The average molecular weight is 216 g/mol. The zero-order valence-corrected chi connectivity index (χ0v) is 9.90. The summed E-state index contributed by atoms with van der Waals surface area (Å²) in [5.74, 6) is -0.0297. The first-order chi connectivity index (χ1) is 7.54. The van der Waals surface area contributed by atoms with Crippen molar-refractivity contribution in [2.24, 2.45) is 0 Å². The van der Waals surface area contributed by atoms with Gasteiger partial charge in [0.05, 0.1) is 12.5 Å². The highest BCUT2D eigenvalue weighted by Crippen LogP contribution is 2.06. The van der Waals surface area contributed by atoms with Crippen molar-refractivity contribution in [2.45, 2.75) is 26.3 Å². The van der Waals surface area contributed by atoms with E-state index in [1.54, 1.807) is 14.0 Å². The number of nitriles is 1. The smallest absolute Gasteiger partial charge is 0.227 e. The lowest BCUT2D eigenvalue weighted by Crippen LogP contribution is -2.35. The van der Waals surface area contributed by atoms with Gasteiger partial charge in [0, 0.05) is 7.05 Å². The second-order valence-electron chi connectivity index (χ2n) is 3.97. The Balaban J connectivity index is 2.65. The van der Waals surface area contributed by atoms with Gasteiger partial charge in [-0.25, -0.2) is 0 Å². The summed E-state index contributed by atoms with van der Waals surface area (Å²) < 4.78 is 0. The van der Waals surface area contributed by atoms with Crippen LogP contribution in [0.25, 0.3) is 0 Å². The molecule has 1 aromatic rings. The van der Waals surface area contributed by atoms with Gasteiger partial charge < -0.3 is 4.90 Å². The zero-order chi connectivity index (χ0) is 12.1. The standard InChI is InChI=1S/C13H16N2O/c1-10-4-6-12(7-5-10)8-13(16)15(3)11(2)9-14/h4-7,11H,8H2,1-3H3. The van der Waals surface area contributed by atoms with Crippen molar-refractivity contribution in [1.82, 2.24) is 4.90 Å². The van der Waals surface area contributed by atoms with Gasteiger partial charge in [0.15, 0.2) is 0 Å². The number of rotatable bonds is 3. The number of carbonyl (C=O) groups is 1. The third-order valence-electron chi connectivity index (χ3n) is 2.64. The van der Waals surface area contributed by atoms with Gasteiger partial charge in [-0.15, -0.1) is 0 Å². The normalized spacial score (nSPS) is 11.6. The molecule has 3 heteroatoms. The molecule has 3 nitrogen and oxygen atoms in total. The van der Waals surface area contributed by atoms with E-state index in [4.69, 9.17) is 5.26 Å². The fraction of sp³-hybridized carbons (Fsp3) is 0.385. The molecule has 0 fully saturated rings. The minimum absolute atomic E-state index is 0.0297. The molecule has 1 atom stereocenters. The van der Waals surface area contributed by atoms with E-state index in [-0.39, 0.29) is 11.9 Å². The van der Waals surface area contributed by atoms with E-state index in [9.17, 15) is 4.79 Å². The molecule has 0 N–H and O–H groups in total. The SMILES string of the molecule is Cc1ccc(CC(=O)N(C)C(C)C#N)cc1. The van der Waals surface area contributed by atoms with Crippen LogP contribution in [0.1, 0.15) is 18.1 Å². The monoisotopic (exact) mass is 216 g/mol. The molecule has 16 heavy (non-hydrogen) atoms. The molecule has 0 heterocycles. The maximum atomic E-state index is 11.8. The highest BCUT2D eigenvalue weighted by molar-refractivity contribution is 5.79. The number of amides is 1. The topological polar surface area (TPSA) is 44.1 Å². The molecular weight excluding hydrogens is 200 g/mol. The summed E-state index contributed by atoms with van der Waals surface area (Å²) in [5.41, 5.74) is 2.16. The number of benzene rings is 1. The molecule has 0 saturated carbocycles. The lowest BCUT2D eigenvalue weighted by molar-refractivity contribution is -0.130. The molecule has 84 valence electrons. The number of aryl methyl sites for hydroxylation is 1. The molecule has 0 spiro atoms. The molecule has 0 aliphatic heterocycles. The predicted octanol–water partition coefficient (Wildman–Crippen LogP) is 1.91. The Morgan fingerprint density at radius 1 is 1.44 bits per heavy atom. The summed E-state index contributed by atoms with van der Waals surface area (Å²) in [6.45, 7) is 3.72. The summed E-state index contributed by atoms with van der Waals surface area (Å²) in [5, 5.41) is 8.71. The van der Waals surface area contributed by atoms with Gasteiger partial charge in [0.2, 0.25) is 5.91 Å². The van der Waals surface area contributed by atoms with Crippen molar-refractivity contribution in [1.29, 1.82) is 5.26 Å². The third kappa shape index (κ3) is 3.09. The predicted molar refractivity (Wildman–Crippen MR) is 62.7 cm³/mol. The van der Waals surface area contributed by atoms with Crippen LogP contribution in [0.3, 0.4) is 0 Å². The fourth-order valence-electron chi connectivity index (χ4n) is 1.31.